The monoisotopic (exact) mass is 310 g/mol. The summed E-state index contributed by atoms with van der Waals surface area (Å²) < 4.78 is 31.5. The molecule has 0 atom stereocenters. The number of rotatable bonds is 8. The normalized spacial score (nSPS) is 12.3. The largest absolute Gasteiger partial charge is 0.378 e. The number of hydrogen-bond donors (Lipinski definition) is 2. The van der Waals surface area contributed by atoms with Crippen molar-refractivity contribution in [2.45, 2.75) is 26.4 Å². The van der Waals surface area contributed by atoms with Crippen molar-refractivity contribution in [1.82, 2.24) is 9.71 Å². The van der Waals surface area contributed by atoms with E-state index in [1.54, 1.807) is 0 Å². The van der Waals surface area contributed by atoms with Crippen LogP contribution in [0, 0.1) is 0 Å². The van der Waals surface area contributed by atoms with Gasteiger partial charge in [0.2, 0.25) is 10.0 Å². The standard InChI is InChI=1S/C15H22N2O3S/c1-12(2)20-9-10-21(18,19)17-8-7-13-11-16-15-6-4-3-5-14(13)15/h3-6,11-12,16-17H,7-10H2,1-2H3. The minimum absolute atomic E-state index is 0.000928. The summed E-state index contributed by atoms with van der Waals surface area (Å²) in [6.45, 7) is 4.39. The molecule has 0 radical (unpaired) electrons. The Balaban J connectivity index is 1.83. The molecule has 5 nitrogen and oxygen atoms in total. The van der Waals surface area contributed by atoms with Crippen molar-refractivity contribution in [1.29, 1.82) is 0 Å². The first kappa shape index (κ1) is 16.0. The van der Waals surface area contributed by atoms with Gasteiger partial charge < -0.3 is 9.72 Å². The number of sulfonamides is 1. The molecule has 2 N–H and O–H groups in total. The second-order valence-corrected chi connectivity index (χ2v) is 7.17. The molecule has 0 aliphatic rings. The van der Waals surface area contributed by atoms with Crippen LogP contribution >= 0.6 is 0 Å². The van der Waals surface area contributed by atoms with Crippen LogP contribution in [-0.2, 0) is 21.2 Å². The molecule has 1 heterocycles. The molecular weight excluding hydrogens is 288 g/mol. The van der Waals surface area contributed by atoms with E-state index in [0.717, 1.165) is 16.5 Å². The molecule has 0 fully saturated rings. The first-order valence-corrected chi connectivity index (χ1v) is 8.77. The molecule has 6 heteroatoms. The zero-order valence-corrected chi connectivity index (χ0v) is 13.2. The fraction of sp³-hybridized carbons (Fsp3) is 0.467. The van der Waals surface area contributed by atoms with Gasteiger partial charge in [0.1, 0.15) is 0 Å². The highest BCUT2D eigenvalue weighted by molar-refractivity contribution is 7.89. The lowest BCUT2D eigenvalue weighted by Crippen LogP contribution is -2.30. The van der Waals surface area contributed by atoms with E-state index < -0.39 is 10.0 Å². The second kappa shape index (κ2) is 7.06. The molecule has 21 heavy (non-hydrogen) atoms. The number of benzene rings is 1. The van der Waals surface area contributed by atoms with Crippen molar-refractivity contribution < 1.29 is 13.2 Å². The molecule has 0 bridgehead atoms. The number of fused-ring (bicyclic) bond motifs is 1. The first-order valence-electron chi connectivity index (χ1n) is 7.12. The molecule has 1 aromatic heterocycles. The zero-order valence-electron chi connectivity index (χ0n) is 12.4. The summed E-state index contributed by atoms with van der Waals surface area (Å²) in [5, 5.41) is 1.14. The lowest BCUT2D eigenvalue weighted by atomic mass is 10.1. The van der Waals surface area contributed by atoms with Crippen LogP contribution in [0.3, 0.4) is 0 Å². The van der Waals surface area contributed by atoms with E-state index >= 15 is 0 Å². The van der Waals surface area contributed by atoms with Gasteiger partial charge in [-0.25, -0.2) is 13.1 Å². The maximum absolute atomic E-state index is 11.8. The summed E-state index contributed by atoms with van der Waals surface area (Å²) >= 11 is 0. The van der Waals surface area contributed by atoms with Gasteiger partial charge in [-0.2, -0.15) is 0 Å². The maximum atomic E-state index is 11.8. The van der Waals surface area contributed by atoms with Gasteiger partial charge >= 0.3 is 0 Å². The van der Waals surface area contributed by atoms with E-state index in [4.69, 9.17) is 4.74 Å². The average molecular weight is 310 g/mol. The number of aromatic amines is 1. The van der Waals surface area contributed by atoms with Gasteiger partial charge in [-0.05, 0) is 31.9 Å². The van der Waals surface area contributed by atoms with Crippen LogP contribution in [0.25, 0.3) is 10.9 Å². The lowest BCUT2D eigenvalue weighted by Gasteiger charge is -2.09. The van der Waals surface area contributed by atoms with Crippen LogP contribution in [0.1, 0.15) is 19.4 Å². The molecule has 0 saturated heterocycles. The van der Waals surface area contributed by atoms with Crippen LogP contribution in [0.15, 0.2) is 30.5 Å². The van der Waals surface area contributed by atoms with Crippen LogP contribution in [0.5, 0.6) is 0 Å². The SMILES string of the molecule is CC(C)OCCS(=O)(=O)NCCc1c[nH]c2ccccc12. The third-order valence-electron chi connectivity index (χ3n) is 3.19. The van der Waals surface area contributed by atoms with Gasteiger partial charge in [0.25, 0.3) is 0 Å². The fourth-order valence-electron chi connectivity index (χ4n) is 2.15. The number of nitrogens with one attached hydrogen (secondary N) is 2. The van der Waals surface area contributed by atoms with E-state index in [2.05, 4.69) is 9.71 Å². The lowest BCUT2D eigenvalue weighted by molar-refractivity contribution is 0.0911. The van der Waals surface area contributed by atoms with Crippen molar-refractivity contribution >= 4 is 20.9 Å². The Morgan fingerprint density at radius 1 is 1.29 bits per heavy atom. The van der Waals surface area contributed by atoms with Gasteiger partial charge in [-0.1, -0.05) is 18.2 Å². The number of H-pyrrole nitrogens is 1. The molecule has 116 valence electrons. The van der Waals surface area contributed by atoms with E-state index in [1.807, 2.05) is 44.3 Å². The van der Waals surface area contributed by atoms with Crippen LogP contribution in [-0.4, -0.2) is 38.4 Å². The molecule has 2 rings (SSSR count). The highest BCUT2D eigenvalue weighted by atomic mass is 32.2. The predicted octanol–water partition coefficient (Wildman–Crippen LogP) is 2.05. The molecule has 0 aliphatic heterocycles. The molecule has 0 saturated carbocycles. The van der Waals surface area contributed by atoms with Crippen LogP contribution < -0.4 is 4.72 Å². The minimum Gasteiger partial charge on any atom is -0.378 e. The van der Waals surface area contributed by atoms with Gasteiger partial charge in [-0.15, -0.1) is 0 Å². The molecule has 0 amide bonds. The van der Waals surface area contributed by atoms with Gasteiger partial charge in [0.15, 0.2) is 0 Å². The minimum atomic E-state index is -3.27. The molecule has 0 spiro atoms. The zero-order chi connectivity index (χ0) is 15.3. The Labute approximate surface area is 125 Å². The predicted molar refractivity (Wildman–Crippen MR) is 84.9 cm³/mol. The Hall–Kier alpha value is -1.37. The van der Waals surface area contributed by atoms with Gasteiger partial charge in [0.05, 0.1) is 18.5 Å². The third kappa shape index (κ3) is 4.84. The Kier molecular flexibility index (Phi) is 5.39. The molecule has 0 aliphatic carbocycles. The quantitative estimate of drug-likeness (QED) is 0.784. The summed E-state index contributed by atoms with van der Waals surface area (Å²) in [7, 11) is -3.27. The smallest absolute Gasteiger partial charge is 0.213 e. The summed E-state index contributed by atoms with van der Waals surface area (Å²) in [5.41, 5.74) is 2.19. The summed E-state index contributed by atoms with van der Waals surface area (Å²) in [4.78, 5) is 3.19. The second-order valence-electron chi connectivity index (χ2n) is 5.24. The summed E-state index contributed by atoms with van der Waals surface area (Å²) in [6, 6.07) is 7.99. The number of hydrogen-bond acceptors (Lipinski definition) is 3. The van der Waals surface area contributed by atoms with Crippen LogP contribution in [0.2, 0.25) is 0 Å². The number of ether oxygens (including phenoxy) is 1. The van der Waals surface area contributed by atoms with E-state index in [-0.39, 0.29) is 18.5 Å². The average Bonchev–Trinajstić information content (AvgIpc) is 2.81. The number of para-hydroxylation sites is 1. The summed E-state index contributed by atoms with van der Waals surface area (Å²) in [6.07, 6.45) is 2.64. The van der Waals surface area contributed by atoms with Crippen molar-refractivity contribution in [3.8, 4) is 0 Å². The van der Waals surface area contributed by atoms with Crippen molar-refractivity contribution in [2.24, 2.45) is 0 Å². The van der Waals surface area contributed by atoms with E-state index in [0.29, 0.717) is 13.0 Å². The molecule has 0 unspecified atom stereocenters. The molecule has 2 aromatic rings. The third-order valence-corrected chi connectivity index (χ3v) is 4.54. The Morgan fingerprint density at radius 3 is 2.81 bits per heavy atom. The Bertz CT molecular complexity index is 677. The van der Waals surface area contributed by atoms with Crippen molar-refractivity contribution in [3.05, 3.63) is 36.0 Å². The number of aromatic nitrogens is 1. The Morgan fingerprint density at radius 2 is 2.05 bits per heavy atom. The summed E-state index contributed by atoms with van der Waals surface area (Å²) in [5.74, 6) is -0.000928. The van der Waals surface area contributed by atoms with E-state index in [9.17, 15) is 8.42 Å². The van der Waals surface area contributed by atoms with Crippen LogP contribution in [0.4, 0.5) is 0 Å². The highest BCUT2D eigenvalue weighted by Crippen LogP contribution is 2.17. The van der Waals surface area contributed by atoms with Crippen molar-refractivity contribution in [2.75, 3.05) is 18.9 Å². The molecule has 1 aromatic carbocycles. The van der Waals surface area contributed by atoms with Crippen molar-refractivity contribution in [3.63, 3.8) is 0 Å². The fourth-order valence-corrected chi connectivity index (χ4v) is 3.02. The topological polar surface area (TPSA) is 71.2 Å². The first-order chi connectivity index (χ1) is 9.98. The molecular formula is C15H22N2O3S. The van der Waals surface area contributed by atoms with Gasteiger partial charge in [0, 0.05) is 23.6 Å². The van der Waals surface area contributed by atoms with E-state index in [1.165, 1.54) is 0 Å². The maximum Gasteiger partial charge on any atom is 0.213 e. The van der Waals surface area contributed by atoms with Gasteiger partial charge in [-0.3, -0.25) is 0 Å². The highest BCUT2D eigenvalue weighted by Gasteiger charge is 2.11.